The maximum absolute atomic E-state index is 12.6. The van der Waals surface area contributed by atoms with Crippen molar-refractivity contribution >= 4 is 23.5 Å². The maximum atomic E-state index is 12.6. The van der Waals surface area contributed by atoms with Gasteiger partial charge in [0.25, 0.3) is 0 Å². The second kappa shape index (κ2) is 6.40. The normalized spacial score (nSPS) is 21.0. The molecule has 122 valence electrons. The molecule has 1 atom stereocenters. The number of carbonyl (C=O) groups is 3. The number of hydrogen-bond acceptors (Lipinski definition) is 3. The van der Waals surface area contributed by atoms with Gasteiger partial charge in [-0.15, -0.1) is 0 Å². The molecule has 0 aliphatic carbocycles. The van der Waals surface area contributed by atoms with E-state index >= 15 is 0 Å². The molecule has 6 heteroatoms. The highest BCUT2D eigenvalue weighted by molar-refractivity contribution is 6.01. The fourth-order valence-corrected chi connectivity index (χ4v) is 3.38. The molecule has 0 bridgehead atoms. The molecule has 2 amide bonds. The Hall–Kier alpha value is -2.37. The van der Waals surface area contributed by atoms with Gasteiger partial charge in [0.2, 0.25) is 11.8 Å². The average Bonchev–Trinajstić information content (AvgIpc) is 2.57. The van der Waals surface area contributed by atoms with Crippen molar-refractivity contribution in [3.63, 3.8) is 0 Å². The first kappa shape index (κ1) is 15.5. The summed E-state index contributed by atoms with van der Waals surface area (Å²) in [7, 11) is 0. The number of aryl methyl sites for hydroxylation is 1. The lowest BCUT2D eigenvalue weighted by atomic mass is 10.00. The number of likely N-dealkylation sites (tertiary alicyclic amines) is 1. The third-order valence-electron chi connectivity index (χ3n) is 4.59. The van der Waals surface area contributed by atoms with Gasteiger partial charge in [0.1, 0.15) is 12.6 Å². The quantitative estimate of drug-likeness (QED) is 0.915. The van der Waals surface area contributed by atoms with E-state index in [1.54, 1.807) is 0 Å². The highest BCUT2D eigenvalue weighted by Crippen LogP contribution is 2.28. The number of amides is 2. The molecule has 3 rings (SSSR count). The molecule has 1 saturated heterocycles. The van der Waals surface area contributed by atoms with Crippen molar-refractivity contribution < 1.29 is 19.5 Å². The second-order valence-corrected chi connectivity index (χ2v) is 6.05. The third kappa shape index (κ3) is 3.06. The Morgan fingerprint density at radius 1 is 1.17 bits per heavy atom. The van der Waals surface area contributed by atoms with Crippen LogP contribution >= 0.6 is 0 Å². The van der Waals surface area contributed by atoms with Crippen molar-refractivity contribution in [2.24, 2.45) is 0 Å². The van der Waals surface area contributed by atoms with Gasteiger partial charge in [-0.1, -0.05) is 18.2 Å². The zero-order chi connectivity index (χ0) is 16.4. The summed E-state index contributed by atoms with van der Waals surface area (Å²) in [6.07, 6.45) is 3.16. The molecule has 0 spiro atoms. The Morgan fingerprint density at radius 2 is 1.96 bits per heavy atom. The van der Waals surface area contributed by atoms with Crippen LogP contribution in [0.4, 0.5) is 5.69 Å². The van der Waals surface area contributed by atoms with Gasteiger partial charge in [0, 0.05) is 18.7 Å². The van der Waals surface area contributed by atoms with Crippen LogP contribution in [0.3, 0.4) is 0 Å². The molecule has 2 heterocycles. The van der Waals surface area contributed by atoms with E-state index in [4.69, 9.17) is 0 Å². The Labute approximate surface area is 134 Å². The number of piperidine rings is 1. The van der Waals surface area contributed by atoms with Crippen LogP contribution in [0.15, 0.2) is 24.3 Å². The molecule has 1 fully saturated rings. The van der Waals surface area contributed by atoms with Gasteiger partial charge < -0.3 is 14.9 Å². The minimum Gasteiger partial charge on any atom is -0.480 e. The Balaban J connectivity index is 1.79. The summed E-state index contributed by atoms with van der Waals surface area (Å²) in [6.45, 7) is 0.360. The highest BCUT2D eigenvalue weighted by atomic mass is 16.4. The lowest BCUT2D eigenvalue weighted by molar-refractivity contribution is -0.151. The Bertz CT molecular complexity index is 643. The molecule has 0 saturated carbocycles. The molecular formula is C17H20N2O4. The molecule has 1 aromatic rings. The summed E-state index contributed by atoms with van der Waals surface area (Å²) in [4.78, 5) is 39.1. The van der Waals surface area contributed by atoms with Crippen molar-refractivity contribution in [3.8, 4) is 0 Å². The molecule has 0 unspecified atom stereocenters. The van der Waals surface area contributed by atoms with Gasteiger partial charge in [-0.3, -0.25) is 9.59 Å². The van der Waals surface area contributed by atoms with E-state index in [2.05, 4.69) is 0 Å². The summed E-state index contributed by atoms with van der Waals surface area (Å²) >= 11 is 0. The number of carboxylic acids is 1. The first-order valence-corrected chi connectivity index (χ1v) is 7.98. The van der Waals surface area contributed by atoms with Crippen molar-refractivity contribution in [3.05, 3.63) is 29.8 Å². The lowest BCUT2D eigenvalue weighted by Gasteiger charge is -2.36. The van der Waals surface area contributed by atoms with Crippen molar-refractivity contribution in [1.82, 2.24) is 4.90 Å². The highest BCUT2D eigenvalue weighted by Gasteiger charge is 2.34. The van der Waals surface area contributed by atoms with E-state index in [1.807, 2.05) is 24.3 Å². The van der Waals surface area contributed by atoms with E-state index in [9.17, 15) is 19.5 Å². The second-order valence-electron chi connectivity index (χ2n) is 6.05. The predicted octanol–water partition coefficient (Wildman–Crippen LogP) is 1.43. The number of benzene rings is 1. The minimum atomic E-state index is -0.969. The number of nitrogens with zero attached hydrogens (tertiary/aromatic N) is 2. The van der Waals surface area contributed by atoms with Crippen molar-refractivity contribution in [2.75, 3.05) is 18.0 Å². The third-order valence-corrected chi connectivity index (χ3v) is 4.59. The summed E-state index contributed by atoms with van der Waals surface area (Å²) < 4.78 is 0. The predicted molar refractivity (Wildman–Crippen MR) is 84.1 cm³/mol. The summed E-state index contributed by atoms with van der Waals surface area (Å²) in [5.41, 5.74) is 1.81. The maximum Gasteiger partial charge on any atom is 0.326 e. The first-order valence-electron chi connectivity index (χ1n) is 7.98. The van der Waals surface area contributed by atoms with Gasteiger partial charge in [0.15, 0.2) is 0 Å². The molecule has 2 aliphatic heterocycles. The first-order chi connectivity index (χ1) is 11.1. The molecular weight excluding hydrogens is 296 g/mol. The van der Waals surface area contributed by atoms with E-state index in [1.165, 1.54) is 9.80 Å². The van der Waals surface area contributed by atoms with Gasteiger partial charge in [0.05, 0.1) is 0 Å². The van der Waals surface area contributed by atoms with Crippen molar-refractivity contribution in [1.29, 1.82) is 0 Å². The van der Waals surface area contributed by atoms with Crippen LogP contribution < -0.4 is 4.90 Å². The summed E-state index contributed by atoms with van der Waals surface area (Å²) in [5, 5.41) is 9.30. The van der Waals surface area contributed by atoms with Crippen LogP contribution in [0.25, 0.3) is 0 Å². The van der Waals surface area contributed by atoms with Crippen molar-refractivity contribution in [2.45, 2.75) is 38.1 Å². The fraction of sp³-hybridized carbons (Fsp3) is 0.471. The Kier molecular flexibility index (Phi) is 4.32. The number of aliphatic carboxylic acids is 1. The van der Waals surface area contributed by atoms with Crippen LogP contribution in [0, 0.1) is 0 Å². The molecule has 2 aliphatic rings. The van der Waals surface area contributed by atoms with Crippen LogP contribution in [0.2, 0.25) is 0 Å². The molecule has 1 aromatic carbocycles. The summed E-state index contributed by atoms with van der Waals surface area (Å²) in [6, 6.07) is 6.78. The fourth-order valence-electron chi connectivity index (χ4n) is 3.38. The standard InChI is InChI=1S/C17H20N2O4/c20-15-9-8-12-5-1-2-6-13(12)19(15)11-16(21)18-10-4-3-7-14(18)17(22)23/h1-2,5-6,14H,3-4,7-11H2,(H,22,23)/t14-/m1/s1. The lowest BCUT2D eigenvalue weighted by Crippen LogP contribution is -2.52. The SMILES string of the molecule is O=C(O)[C@H]1CCCCN1C(=O)CN1C(=O)CCc2ccccc21. The van der Waals surface area contributed by atoms with E-state index in [0.717, 1.165) is 24.1 Å². The molecule has 1 N–H and O–H groups in total. The van der Waals surface area contributed by atoms with E-state index in [-0.39, 0.29) is 18.4 Å². The van der Waals surface area contributed by atoms with E-state index in [0.29, 0.717) is 25.8 Å². The molecule has 23 heavy (non-hydrogen) atoms. The van der Waals surface area contributed by atoms with E-state index < -0.39 is 12.0 Å². The van der Waals surface area contributed by atoms with Crippen LogP contribution in [0.1, 0.15) is 31.2 Å². The number of hydrogen-bond donors (Lipinski definition) is 1. The number of anilines is 1. The number of carbonyl (C=O) groups excluding carboxylic acids is 2. The molecule has 0 radical (unpaired) electrons. The average molecular weight is 316 g/mol. The summed E-state index contributed by atoms with van der Waals surface area (Å²) in [5.74, 6) is -1.34. The minimum absolute atomic E-state index is 0.0825. The molecule has 0 aromatic heterocycles. The zero-order valence-corrected chi connectivity index (χ0v) is 12.9. The van der Waals surface area contributed by atoms with Gasteiger partial charge in [-0.25, -0.2) is 4.79 Å². The molecule has 6 nitrogen and oxygen atoms in total. The van der Waals surface area contributed by atoms with Gasteiger partial charge in [-0.2, -0.15) is 0 Å². The van der Waals surface area contributed by atoms with Crippen LogP contribution in [-0.2, 0) is 20.8 Å². The topological polar surface area (TPSA) is 77.9 Å². The number of carboxylic acid groups (broad SMARTS) is 1. The number of rotatable bonds is 3. The number of fused-ring (bicyclic) bond motifs is 1. The van der Waals surface area contributed by atoms with Crippen LogP contribution in [0.5, 0.6) is 0 Å². The Morgan fingerprint density at radius 3 is 2.74 bits per heavy atom. The van der Waals surface area contributed by atoms with Gasteiger partial charge in [-0.05, 0) is 37.3 Å². The zero-order valence-electron chi connectivity index (χ0n) is 12.9. The van der Waals surface area contributed by atoms with Gasteiger partial charge >= 0.3 is 5.97 Å². The number of para-hydroxylation sites is 1. The largest absolute Gasteiger partial charge is 0.480 e. The van der Waals surface area contributed by atoms with Crippen LogP contribution in [-0.4, -0.2) is 46.9 Å². The smallest absolute Gasteiger partial charge is 0.326 e. The monoisotopic (exact) mass is 316 g/mol.